The Morgan fingerprint density at radius 3 is 2.57 bits per heavy atom. The first-order chi connectivity index (χ1) is 6.83. The van der Waals surface area contributed by atoms with Gasteiger partial charge in [0.1, 0.15) is 0 Å². The van der Waals surface area contributed by atoms with Gasteiger partial charge in [-0.3, -0.25) is 0 Å². The highest BCUT2D eigenvalue weighted by Gasteiger charge is 2.13. The van der Waals surface area contributed by atoms with E-state index >= 15 is 0 Å². The molecule has 0 amide bonds. The topological polar surface area (TPSA) is 35.2 Å². The second kappa shape index (κ2) is 7.24. The first kappa shape index (κ1) is 12.0. The van der Waals surface area contributed by atoms with Gasteiger partial charge in [-0.25, -0.2) is 0 Å². The maximum Gasteiger partial charge on any atom is 0.0575 e. The molecule has 1 fully saturated rings. The summed E-state index contributed by atoms with van der Waals surface area (Å²) in [5, 5.41) is 0. The van der Waals surface area contributed by atoms with Crippen LogP contribution in [0.15, 0.2) is 0 Å². The Morgan fingerprint density at radius 2 is 1.93 bits per heavy atom. The van der Waals surface area contributed by atoms with Gasteiger partial charge in [-0.2, -0.15) is 0 Å². The van der Waals surface area contributed by atoms with E-state index in [-0.39, 0.29) is 6.04 Å². The Labute approximate surface area is 88.2 Å². The number of hydrogen-bond donors (Lipinski definition) is 1. The fourth-order valence-corrected chi connectivity index (χ4v) is 2.02. The van der Waals surface area contributed by atoms with Crippen LogP contribution in [0, 0.1) is 6.92 Å². The maximum atomic E-state index is 5.88. The lowest BCUT2D eigenvalue weighted by Gasteiger charge is -2.22. The lowest BCUT2D eigenvalue weighted by Crippen LogP contribution is -2.24. The van der Waals surface area contributed by atoms with Gasteiger partial charge in [0.05, 0.1) is 6.10 Å². The molecule has 1 saturated carbocycles. The zero-order chi connectivity index (χ0) is 10.2. The highest BCUT2D eigenvalue weighted by atomic mass is 16.5. The summed E-state index contributed by atoms with van der Waals surface area (Å²) >= 11 is 0. The smallest absolute Gasteiger partial charge is 0.0575 e. The van der Waals surface area contributed by atoms with Gasteiger partial charge in [-0.05, 0) is 25.7 Å². The highest BCUT2D eigenvalue weighted by molar-refractivity contribution is 4.66. The molecule has 83 valence electrons. The summed E-state index contributed by atoms with van der Waals surface area (Å²) in [5.74, 6) is 0. The van der Waals surface area contributed by atoms with Gasteiger partial charge in [-0.15, -0.1) is 0 Å². The molecule has 0 aromatic carbocycles. The van der Waals surface area contributed by atoms with Crippen LogP contribution in [0.25, 0.3) is 0 Å². The van der Waals surface area contributed by atoms with Gasteiger partial charge in [0, 0.05) is 12.6 Å². The average Bonchev–Trinajstić information content (AvgIpc) is 2.20. The molecule has 1 aliphatic rings. The second-order valence-electron chi connectivity index (χ2n) is 4.32. The number of rotatable bonds is 6. The minimum absolute atomic E-state index is 0.288. The van der Waals surface area contributed by atoms with Crippen LogP contribution in [0.4, 0.5) is 0 Å². The zero-order valence-corrected chi connectivity index (χ0v) is 9.21. The van der Waals surface area contributed by atoms with Gasteiger partial charge >= 0.3 is 0 Å². The Hall–Kier alpha value is -0.0800. The minimum atomic E-state index is 0.288. The predicted octanol–water partition coefficient (Wildman–Crippen LogP) is 2.67. The fourth-order valence-electron chi connectivity index (χ4n) is 2.02. The largest absolute Gasteiger partial charge is 0.378 e. The quantitative estimate of drug-likeness (QED) is 0.712. The molecule has 2 N–H and O–H groups in total. The molecule has 2 nitrogen and oxygen atoms in total. The normalized spacial score (nSPS) is 21.0. The van der Waals surface area contributed by atoms with E-state index in [0.29, 0.717) is 6.10 Å². The predicted molar refractivity (Wildman–Crippen MR) is 60.0 cm³/mol. The van der Waals surface area contributed by atoms with E-state index < -0.39 is 0 Å². The van der Waals surface area contributed by atoms with Crippen LogP contribution in [0.1, 0.15) is 51.4 Å². The Balaban J connectivity index is 1.96. The number of hydrogen-bond acceptors (Lipinski definition) is 2. The van der Waals surface area contributed by atoms with Crippen molar-refractivity contribution in [2.24, 2.45) is 5.73 Å². The molecule has 2 heteroatoms. The molecular weight excluding hydrogens is 174 g/mol. The summed E-state index contributed by atoms with van der Waals surface area (Å²) in [6.07, 6.45) is 10.1. The molecule has 14 heavy (non-hydrogen) atoms. The van der Waals surface area contributed by atoms with Crippen LogP contribution in [0.3, 0.4) is 0 Å². The monoisotopic (exact) mass is 198 g/mol. The van der Waals surface area contributed by atoms with E-state index in [2.05, 4.69) is 6.92 Å². The lowest BCUT2D eigenvalue weighted by atomic mass is 9.98. The summed E-state index contributed by atoms with van der Waals surface area (Å²) in [7, 11) is 0. The summed E-state index contributed by atoms with van der Waals surface area (Å²) in [5.41, 5.74) is 5.88. The fraction of sp³-hybridized carbons (Fsp3) is 0.917. The molecular formula is C12H24NO. The third kappa shape index (κ3) is 4.97. The van der Waals surface area contributed by atoms with Gasteiger partial charge in [0.15, 0.2) is 0 Å². The van der Waals surface area contributed by atoms with E-state index in [1.54, 1.807) is 0 Å². The number of ether oxygens (including phenoxy) is 1. The second-order valence-corrected chi connectivity index (χ2v) is 4.32. The van der Waals surface area contributed by atoms with Crippen LogP contribution in [-0.4, -0.2) is 18.8 Å². The molecule has 1 aliphatic carbocycles. The van der Waals surface area contributed by atoms with Crippen molar-refractivity contribution >= 4 is 0 Å². The molecule has 1 rings (SSSR count). The van der Waals surface area contributed by atoms with Gasteiger partial charge in [-0.1, -0.05) is 32.6 Å². The molecule has 0 spiro atoms. The molecule has 1 atom stereocenters. The molecule has 0 aromatic rings. The first-order valence-electron chi connectivity index (χ1n) is 5.99. The molecule has 0 saturated heterocycles. The van der Waals surface area contributed by atoms with Crippen LogP contribution in [0.2, 0.25) is 0 Å². The van der Waals surface area contributed by atoms with Gasteiger partial charge in [0.25, 0.3) is 0 Å². The lowest BCUT2D eigenvalue weighted by molar-refractivity contribution is 0.0247. The van der Waals surface area contributed by atoms with Crippen molar-refractivity contribution in [1.29, 1.82) is 0 Å². The highest BCUT2D eigenvalue weighted by Crippen LogP contribution is 2.20. The van der Waals surface area contributed by atoms with Crippen molar-refractivity contribution in [3.63, 3.8) is 0 Å². The Morgan fingerprint density at radius 1 is 1.21 bits per heavy atom. The maximum absolute atomic E-state index is 5.88. The van der Waals surface area contributed by atoms with Crippen LogP contribution in [0.5, 0.6) is 0 Å². The summed E-state index contributed by atoms with van der Waals surface area (Å²) in [4.78, 5) is 0. The SMILES string of the molecule is [CH2]CCC(N)CCOC1CCCCC1. The molecule has 0 bridgehead atoms. The minimum Gasteiger partial charge on any atom is -0.378 e. The molecule has 1 radical (unpaired) electrons. The standard InChI is InChI=1S/C12H24NO/c1-2-6-11(13)9-10-14-12-7-4-3-5-8-12/h11-12H,1-10,13H2. The zero-order valence-electron chi connectivity index (χ0n) is 9.21. The van der Waals surface area contributed by atoms with Crippen molar-refractivity contribution in [2.45, 2.75) is 63.5 Å². The van der Waals surface area contributed by atoms with Crippen LogP contribution < -0.4 is 5.73 Å². The third-order valence-corrected chi connectivity index (χ3v) is 2.97. The van der Waals surface area contributed by atoms with E-state index in [1.165, 1.54) is 32.1 Å². The molecule has 0 heterocycles. The van der Waals surface area contributed by atoms with E-state index in [1.807, 2.05) is 0 Å². The average molecular weight is 198 g/mol. The summed E-state index contributed by atoms with van der Waals surface area (Å²) < 4.78 is 5.80. The third-order valence-electron chi connectivity index (χ3n) is 2.97. The van der Waals surface area contributed by atoms with E-state index in [9.17, 15) is 0 Å². The van der Waals surface area contributed by atoms with Crippen LogP contribution in [-0.2, 0) is 4.74 Å². The van der Waals surface area contributed by atoms with Crippen molar-refractivity contribution in [1.82, 2.24) is 0 Å². The summed E-state index contributed by atoms with van der Waals surface area (Å²) in [6.45, 7) is 4.64. The first-order valence-corrected chi connectivity index (χ1v) is 5.99. The molecule has 0 aromatic heterocycles. The van der Waals surface area contributed by atoms with Crippen LogP contribution >= 0.6 is 0 Å². The molecule has 1 unspecified atom stereocenters. The van der Waals surface area contributed by atoms with Crippen molar-refractivity contribution in [2.75, 3.05) is 6.61 Å². The Bertz CT molecular complexity index is 132. The van der Waals surface area contributed by atoms with Gasteiger partial charge in [0.2, 0.25) is 0 Å². The van der Waals surface area contributed by atoms with Crippen molar-refractivity contribution < 1.29 is 4.74 Å². The van der Waals surface area contributed by atoms with Crippen molar-refractivity contribution in [3.05, 3.63) is 6.92 Å². The number of nitrogens with two attached hydrogens (primary N) is 1. The van der Waals surface area contributed by atoms with Crippen molar-refractivity contribution in [3.8, 4) is 0 Å². The summed E-state index contributed by atoms with van der Waals surface area (Å²) in [6, 6.07) is 0.288. The molecule has 0 aliphatic heterocycles. The Kier molecular flexibility index (Phi) is 6.20. The van der Waals surface area contributed by atoms with E-state index in [4.69, 9.17) is 10.5 Å². The van der Waals surface area contributed by atoms with Gasteiger partial charge < -0.3 is 10.5 Å². The van der Waals surface area contributed by atoms with E-state index in [0.717, 1.165) is 25.9 Å².